The number of fused-ring (bicyclic) bond motifs is 1. The number of benzene rings is 2. The molecular weight excluding hydrogens is 341 g/mol. The first kappa shape index (κ1) is 16.9. The average Bonchev–Trinajstić information content (AvgIpc) is 3.03. The molecular formula is C18H10FN3O4. The molecule has 0 spiro atoms. The molecule has 0 aliphatic heterocycles. The first-order chi connectivity index (χ1) is 12.4. The van der Waals surface area contributed by atoms with Crippen molar-refractivity contribution in [1.82, 2.24) is 4.98 Å². The quantitative estimate of drug-likeness (QED) is 0.244. The van der Waals surface area contributed by atoms with Crippen LogP contribution in [0.25, 0.3) is 17.0 Å². The number of nitro benzene ring substituents is 1. The molecule has 0 radical (unpaired) electrons. The number of aromatic nitrogens is 1. The van der Waals surface area contributed by atoms with Crippen LogP contribution in [0.15, 0.2) is 48.2 Å². The predicted molar refractivity (Wildman–Crippen MR) is 90.9 cm³/mol. The largest absolute Gasteiger partial charge is 0.502 e. The van der Waals surface area contributed by atoms with E-state index in [9.17, 15) is 29.7 Å². The van der Waals surface area contributed by atoms with Gasteiger partial charge in [0.25, 0.3) is 0 Å². The highest BCUT2D eigenvalue weighted by atomic mass is 19.1. The highest BCUT2D eigenvalue weighted by molar-refractivity contribution is 6.19. The number of hydrogen-bond donors (Lipinski definition) is 2. The van der Waals surface area contributed by atoms with Gasteiger partial charge in [0, 0.05) is 28.7 Å². The molecule has 0 amide bonds. The molecule has 0 fully saturated rings. The number of Topliss-reactive ketones (excluding diaryl/α,β-unsaturated/α-hetero) is 1. The molecule has 2 aromatic carbocycles. The number of carbonyl (C=O) groups is 1. The summed E-state index contributed by atoms with van der Waals surface area (Å²) >= 11 is 0. The SMILES string of the molecule is N#C/C(=C/c1ccc(O)c([N+](=O)[O-])c1)C(=O)c1c[nH]c2cc(F)ccc12. The van der Waals surface area contributed by atoms with Gasteiger partial charge >= 0.3 is 5.69 Å². The zero-order valence-corrected chi connectivity index (χ0v) is 13.1. The lowest BCUT2D eigenvalue weighted by molar-refractivity contribution is -0.385. The number of nitrogens with one attached hydrogen (secondary N) is 1. The van der Waals surface area contributed by atoms with Crippen LogP contribution < -0.4 is 0 Å². The predicted octanol–water partition coefficient (Wildman–Crippen LogP) is 3.71. The minimum absolute atomic E-state index is 0.182. The van der Waals surface area contributed by atoms with Crippen molar-refractivity contribution in [3.63, 3.8) is 0 Å². The molecule has 2 N–H and O–H groups in total. The fourth-order valence-electron chi connectivity index (χ4n) is 2.52. The van der Waals surface area contributed by atoms with Gasteiger partial charge in [-0.1, -0.05) is 6.07 Å². The summed E-state index contributed by atoms with van der Waals surface area (Å²) in [6.45, 7) is 0. The second-order valence-electron chi connectivity index (χ2n) is 5.40. The lowest BCUT2D eigenvalue weighted by atomic mass is 10.0. The average molecular weight is 351 g/mol. The molecule has 0 bridgehead atoms. The number of H-pyrrole nitrogens is 1. The van der Waals surface area contributed by atoms with Crippen molar-refractivity contribution in [2.45, 2.75) is 0 Å². The molecule has 3 rings (SSSR count). The molecule has 0 saturated heterocycles. The van der Waals surface area contributed by atoms with E-state index >= 15 is 0 Å². The number of carbonyl (C=O) groups excluding carboxylic acids is 1. The highest BCUT2D eigenvalue weighted by Crippen LogP contribution is 2.28. The number of ketones is 1. The Hall–Kier alpha value is -3.99. The molecule has 0 aliphatic rings. The van der Waals surface area contributed by atoms with E-state index in [0.29, 0.717) is 10.9 Å². The van der Waals surface area contributed by atoms with Gasteiger partial charge < -0.3 is 10.1 Å². The zero-order chi connectivity index (χ0) is 18.8. The van der Waals surface area contributed by atoms with E-state index in [2.05, 4.69) is 4.98 Å². The Labute approximate surface area is 145 Å². The molecule has 1 heterocycles. The second-order valence-corrected chi connectivity index (χ2v) is 5.40. The van der Waals surface area contributed by atoms with Gasteiger partial charge in [-0.2, -0.15) is 5.26 Å². The third kappa shape index (κ3) is 3.01. The Morgan fingerprint density at radius 2 is 2.08 bits per heavy atom. The summed E-state index contributed by atoms with van der Waals surface area (Å²) in [4.78, 5) is 25.5. The van der Waals surface area contributed by atoms with Crippen molar-refractivity contribution in [1.29, 1.82) is 5.26 Å². The maximum absolute atomic E-state index is 13.3. The van der Waals surface area contributed by atoms with Gasteiger partial charge in [-0.15, -0.1) is 0 Å². The van der Waals surface area contributed by atoms with Crippen LogP contribution in [0.1, 0.15) is 15.9 Å². The van der Waals surface area contributed by atoms with Crippen LogP contribution in [0.5, 0.6) is 5.75 Å². The lowest BCUT2D eigenvalue weighted by Gasteiger charge is -2.00. The van der Waals surface area contributed by atoms with Crippen LogP contribution in [0.3, 0.4) is 0 Å². The van der Waals surface area contributed by atoms with Gasteiger partial charge in [-0.25, -0.2) is 4.39 Å². The number of aromatic hydroxyl groups is 1. The Morgan fingerprint density at radius 3 is 2.77 bits per heavy atom. The number of halogens is 1. The first-order valence-electron chi connectivity index (χ1n) is 7.31. The van der Waals surface area contributed by atoms with Crippen molar-refractivity contribution >= 4 is 28.4 Å². The molecule has 1 aromatic heterocycles. The van der Waals surface area contributed by atoms with Crippen LogP contribution >= 0.6 is 0 Å². The molecule has 8 heteroatoms. The van der Waals surface area contributed by atoms with Crippen LogP contribution in [-0.2, 0) is 0 Å². The molecule has 3 aromatic rings. The summed E-state index contributed by atoms with van der Waals surface area (Å²) in [7, 11) is 0. The van der Waals surface area contributed by atoms with Gasteiger partial charge in [0.15, 0.2) is 5.75 Å². The van der Waals surface area contributed by atoms with Crippen molar-refractivity contribution in [2.75, 3.05) is 0 Å². The number of phenols is 1. The van der Waals surface area contributed by atoms with E-state index < -0.39 is 28.0 Å². The van der Waals surface area contributed by atoms with Crippen LogP contribution in [0.2, 0.25) is 0 Å². The Morgan fingerprint density at radius 1 is 1.31 bits per heavy atom. The van der Waals surface area contributed by atoms with Gasteiger partial charge in [-0.3, -0.25) is 14.9 Å². The molecule has 0 saturated carbocycles. The molecule has 0 unspecified atom stereocenters. The number of nitro groups is 1. The van der Waals surface area contributed by atoms with Gasteiger partial charge in [0.1, 0.15) is 17.5 Å². The Bertz CT molecular complexity index is 1130. The number of phenolic OH excluding ortho intramolecular Hbond substituents is 1. The minimum atomic E-state index is -0.769. The van der Waals surface area contributed by atoms with E-state index in [1.807, 2.05) is 0 Å². The van der Waals surface area contributed by atoms with Crippen molar-refractivity contribution in [3.05, 3.63) is 75.2 Å². The maximum Gasteiger partial charge on any atom is 0.311 e. The van der Waals surface area contributed by atoms with Crippen molar-refractivity contribution in [3.8, 4) is 11.8 Å². The summed E-state index contributed by atoms with van der Waals surface area (Å²) in [6.07, 6.45) is 2.56. The summed E-state index contributed by atoms with van der Waals surface area (Å²) in [5.74, 6) is -1.59. The summed E-state index contributed by atoms with van der Waals surface area (Å²) in [5, 5.41) is 30.1. The van der Waals surface area contributed by atoms with E-state index in [1.165, 1.54) is 36.5 Å². The van der Waals surface area contributed by atoms with Crippen LogP contribution in [0, 0.1) is 27.3 Å². The highest BCUT2D eigenvalue weighted by Gasteiger charge is 2.18. The number of nitrogens with zero attached hydrogens (tertiary/aromatic N) is 2. The lowest BCUT2D eigenvalue weighted by Crippen LogP contribution is -2.01. The van der Waals surface area contributed by atoms with E-state index in [-0.39, 0.29) is 16.7 Å². The number of nitriles is 1. The number of allylic oxidation sites excluding steroid dienone is 1. The Kier molecular flexibility index (Phi) is 4.21. The standard InChI is InChI=1S/C18H10FN3O4/c19-12-2-3-13-14(9-21-15(13)7-12)18(24)11(8-20)5-10-1-4-17(23)16(6-10)22(25)26/h1-7,9,21,23H/b11-5-. The summed E-state index contributed by atoms with van der Waals surface area (Å²) in [6, 6.07) is 9.14. The molecule has 7 nitrogen and oxygen atoms in total. The van der Waals surface area contributed by atoms with Gasteiger partial charge in [0.05, 0.1) is 4.92 Å². The number of rotatable bonds is 4. The van der Waals surface area contributed by atoms with Crippen LogP contribution in [-0.4, -0.2) is 20.8 Å². The van der Waals surface area contributed by atoms with E-state index in [1.54, 1.807) is 6.07 Å². The monoisotopic (exact) mass is 351 g/mol. The Balaban J connectivity index is 2.04. The fourth-order valence-corrected chi connectivity index (χ4v) is 2.52. The van der Waals surface area contributed by atoms with E-state index in [4.69, 9.17) is 0 Å². The van der Waals surface area contributed by atoms with Crippen LogP contribution in [0.4, 0.5) is 10.1 Å². The van der Waals surface area contributed by atoms with E-state index in [0.717, 1.165) is 12.1 Å². The maximum atomic E-state index is 13.3. The normalized spacial score (nSPS) is 11.3. The molecule has 0 aliphatic carbocycles. The zero-order valence-electron chi connectivity index (χ0n) is 13.1. The number of aromatic amines is 1. The third-order valence-corrected chi connectivity index (χ3v) is 3.76. The number of hydrogen-bond acceptors (Lipinski definition) is 5. The summed E-state index contributed by atoms with van der Waals surface area (Å²) in [5.41, 5.74) is 0.0125. The third-order valence-electron chi connectivity index (χ3n) is 3.76. The topological polar surface area (TPSA) is 120 Å². The fraction of sp³-hybridized carbons (Fsp3) is 0. The van der Waals surface area contributed by atoms with Gasteiger partial charge in [-0.05, 0) is 35.9 Å². The van der Waals surface area contributed by atoms with Crippen molar-refractivity contribution in [2.24, 2.45) is 0 Å². The molecule has 26 heavy (non-hydrogen) atoms. The first-order valence-corrected chi connectivity index (χ1v) is 7.31. The molecule has 0 atom stereocenters. The molecule has 128 valence electrons. The smallest absolute Gasteiger partial charge is 0.311 e. The van der Waals surface area contributed by atoms with Crippen molar-refractivity contribution < 1.29 is 19.2 Å². The van der Waals surface area contributed by atoms with Gasteiger partial charge in [0.2, 0.25) is 5.78 Å². The minimum Gasteiger partial charge on any atom is -0.502 e. The second kappa shape index (κ2) is 6.49. The summed E-state index contributed by atoms with van der Waals surface area (Å²) < 4.78 is 13.3.